The Balaban J connectivity index is 1.83. The second-order valence-electron chi connectivity index (χ2n) is 7.23. The maximum absolute atomic E-state index is 13.8. The fourth-order valence-electron chi connectivity index (χ4n) is 3.31. The Morgan fingerprint density at radius 3 is 2.30 bits per heavy atom. The van der Waals surface area contributed by atoms with E-state index in [0.717, 1.165) is 6.07 Å². The van der Waals surface area contributed by atoms with Crippen LogP contribution in [-0.4, -0.2) is 54.8 Å². The molecular weight excluding hydrogens is 359 g/mol. The fraction of sp³-hybridized carbons (Fsp3) is 0.579. The minimum absolute atomic E-state index is 0.0575. The number of carbonyl (C=O) groups is 2. The van der Waals surface area contributed by atoms with Crippen LogP contribution in [0.2, 0.25) is 0 Å². The first-order chi connectivity index (χ1) is 12.7. The van der Waals surface area contributed by atoms with Crippen molar-refractivity contribution in [3.63, 3.8) is 0 Å². The number of piperidine rings is 1. The van der Waals surface area contributed by atoms with Crippen molar-refractivity contribution in [3.8, 4) is 0 Å². The zero-order chi connectivity index (χ0) is 20.1. The van der Waals surface area contributed by atoms with Crippen LogP contribution in [-0.2, 0) is 16.0 Å². The molecule has 2 N–H and O–H groups in total. The molecule has 1 aromatic rings. The third kappa shape index (κ3) is 5.69. The summed E-state index contributed by atoms with van der Waals surface area (Å²) in [5.74, 6) is -3.21. The van der Waals surface area contributed by atoms with Crippen molar-refractivity contribution in [1.29, 1.82) is 0 Å². The summed E-state index contributed by atoms with van der Waals surface area (Å²) < 4.78 is 40.1. The van der Waals surface area contributed by atoms with Gasteiger partial charge in [0.15, 0.2) is 11.6 Å². The number of nitrogens with two attached hydrogens (primary N) is 1. The number of hydrogen-bond donors (Lipinski definition) is 1. The molecule has 5 nitrogen and oxygen atoms in total. The molecule has 0 aliphatic carbocycles. The molecule has 0 unspecified atom stereocenters. The van der Waals surface area contributed by atoms with Gasteiger partial charge in [-0.15, -0.1) is 0 Å². The summed E-state index contributed by atoms with van der Waals surface area (Å²) in [5.41, 5.74) is 6.21. The molecule has 2 rings (SSSR count). The van der Waals surface area contributed by atoms with Gasteiger partial charge in [-0.3, -0.25) is 9.59 Å². The summed E-state index contributed by atoms with van der Waals surface area (Å²) in [6.45, 7) is 1.04. The molecule has 1 saturated heterocycles. The number of amides is 2. The molecule has 1 aromatic carbocycles. The average Bonchev–Trinajstić information content (AvgIpc) is 2.63. The predicted molar refractivity (Wildman–Crippen MR) is 95.2 cm³/mol. The molecule has 1 atom stereocenters. The highest BCUT2D eigenvalue weighted by atomic mass is 19.2. The molecule has 27 heavy (non-hydrogen) atoms. The van der Waals surface area contributed by atoms with E-state index in [1.165, 1.54) is 4.90 Å². The van der Waals surface area contributed by atoms with Crippen LogP contribution in [0.5, 0.6) is 0 Å². The van der Waals surface area contributed by atoms with Gasteiger partial charge in [-0.05, 0) is 36.8 Å². The lowest BCUT2D eigenvalue weighted by Crippen LogP contribution is -2.44. The van der Waals surface area contributed by atoms with Gasteiger partial charge in [0.2, 0.25) is 11.8 Å². The van der Waals surface area contributed by atoms with Crippen LogP contribution in [0.25, 0.3) is 0 Å². The largest absolute Gasteiger partial charge is 0.349 e. The van der Waals surface area contributed by atoms with Crippen molar-refractivity contribution in [2.45, 2.75) is 38.1 Å². The fourth-order valence-corrected chi connectivity index (χ4v) is 3.31. The van der Waals surface area contributed by atoms with E-state index in [1.807, 2.05) is 0 Å². The first kappa shape index (κ1) is 21.2. The maximum Gasteiger partial charge on any atom is 0.223 e. The quantitative estimate of drug-likeness (QED) is 0.763. The van der Waals surface area contributed by atoms with E-state index in [1.54, 1.807) is 19.0 Å². The topological polar surface area (TPSA) is 66.6 Å². The molecule has 1 aliphatic heterocycles. The lowest BCUT2D eigenvalue weighted by atomic mass is 9.86. The summed E-state index contributed by atoms with van der Waals surface area (Å²) in [6, 6.07) is 0.982. The van der Waals surface area contributed by atoms with Gasteiger partial charge in [0.05, 0.1) is 0 Å². The van der Waals surface area contributed by atoms with Crippen LogP contribution < -0.4 is 5.73 Å². The van der Waals surface area contributed by atoms with Gasteiger partial charge >= 0.3 is 0 Å². The van der Waals surface area contributed by atoms with E-state index in [4.69, 9.17) is 5.73 Å². The summed E-state index contributed by atoms with van der Waals surface area (Å²) in [7, 11) is 3.30. The number of halogens is 3. The van der Waals surface area contributed by atoms with Gasteiger partial charge in [0.1, 0.15) is 5.82 Å². The Morgan fingerprint density at radius 1 is 1.11 bits per heavy atom. The highest BCUT2D eigenvalue weighted by Crippen LogP contribution is 2.24. The minimum atomic E-state index is -1.22. The third-order valence-electron chi connectivity index (χ3n) is 5.09. The van der Waals surface area contributed by atoms with Crippen LogP contribution in [0.4, 0.5) is 13.2 Å². The molecule has 0 radical (unpaired) electrons. The predicted octanol–water partition coefficient (Wildman–Crippen LogP) is 2.08. The molecular formula is C19H26F3N3O2. The lowest BCUT2D eigenvalue weighted by molar-refractivity contribution is -0.136. The molecule has 1 aliphatic rings. The number of nitrogens with zero attached hydrogens (tertiary/aromatic N) is 2. The first-order valence-corrected chi connectivity index (χ1v) is 9.06. The SMILES string of the molecule is CN(C)C(=O)CCC(=O)N1CCC([C@H](N)Cc2cc(F)c(F)cc2F)CC1. The van der Waals surface area contributed by atoms with Crippen molar-refractivity contribution in [3.05, 3.63) is 35.1 Å². The summed E-state index contributed by atoms with van der Waals surface area (Å²) in [4.78, 5) is 26.9. The number of likely N-dealkylation sites (tertiary alicyclic amines) is 1. The molecule has 2 amide bonds. The van der Waals surface area contributed by atoms with Crippen molar-refractivity contribution in [2.24, 2.45) is 11.7 Å². The second kappa shape index (κ2) is 9.21. The molecule has 0 saturated carbocycles. The molecule has 0 spiro atoms. The standard InChI is InChI=1S/C19H26F3N3O2/c1-24(2)18(26)3-4-19(27)25-7-5-12(6-8-25)17(23)10-13-9-15(21)16(22)11-14(13)20/h9,11-12,17H,3-8,10,23H2,1-2H3/t17-/m1/s1. The van der Waals surface area contributed by atoms with E-state index >= 15 is 0 Å². The van der Waals surface area contributed by atoms with Gasteiger partial charge in [-0.2, -0.15) is 0 Å². The Hall–Kier alpha value is -2.09. The smallest absolute Gasteiger partial charge is 0.223 e. The minimum Gasteiger partial charge on any atom is -0.349 e. The van der Waals surface area contributed by atoms with E-state index < -0.39 is 23.5 Å². The number of hydrogen-bond acceptors (Lipinski definition) is 3. The highest BCUT2D eigenvalue weighted by Gasteiger charge is 2.27. The zero-order valence-corrected chi connectivity index (χ0v) is 15.7. The normalized spacial score (nSPS) is 16.3. The van der Waals surface area contributed by atoms with Gasteiger partial charge < -0.3 is 15.5 Å². The second-order valence-corrected chi connectivity index (χ2v) is 7.23. The van der Waals surface area contributed by atoms with Crippen molar-refractivity contribution in [1.82, 2.24) is 9.80 Å². The Labute approximate surface area is 157 Å². The molecule has 1 heterocycles. The molecule has 0 aromatic heterocycles. The van der Waals surface area contributed by atoms with Gasteiger partial charge in [-0.1, -0.05) is 0 Å². The van der Waals surface area contributed by atoms with Crippen LogP contribution >= 0.6 is 0 Å². The highest BCUT2D eigenvalue weighted by molar-refractivity contribution is 5.83. The van der Waals surface area contributed by atoms with Crippen LogP contribution in [0.1, 0.15) is 31.2 Å². The zero-order valence-electron chi connectivity index (χ0n) is 15.7. The van der Waals surface area contributed by atoms with Crippen LogP contribution in [0.3, 0.4) is 0 Å². The summed E-state index contributed by atoms with van der Waals surface area (Å²) in [6.07, 6.45) is 1.77. The Morgan fingerprint density at radius 2 is 1.70 bits per heavy atom. The number of carbonyl (C=O) groups excluding carboxylic acids is 2. The van der Waals surface area contributed by atoms with E-state index in [2.05, 4.69) is 0 Å². The van der Waals surface area contributed by atoms with Crippen molar-refractivity contribution < 1.29 is 22.8 Å². The van der Waals surface area contributed by atoms with E-state index in [9.17, 15) is 22.8 Å². The lowest BCUT2D eigenvalue weighted by Gasteiger charge is -2.35. The maximum atomic E-state index is 13.8. The molecule has 0 bridgehead atoms. The molecule has 150 valence electrons. The van der Waals surface area contributed by atoms with E-state index in [0.29, 0.717) is 32.0 Å². The first-order valence-electron chi connectivity index (χ1n) is 9.06. The van der Waals surface area contributed by atoms with Crippen LogP contribution in [0.15, 0.2) is 12.1 Å². The number of benzene rings is 1. The van der Waals surface area contributed by atoms with Crippen LogP contribution in [0, 0.1) is 23.4 Å². The molecule has 8 heteroatoms. The average molecular weight is 385 g/mol. The van der Waals surface area contributed by atoms with Gasteiger partial charge in [0.25, 0.3) is 0 Å². The summed E-state index contributed by atoms with van der Waals surface area (Å²) in [5, 5.41) is 0. The Bertz CT molecular complexity index is 689. The van der Waals surface area contributed by atoms with Gasteiger partial charge in [0, 0.05) is 52.1 Å². The Kier molecular flexibility index (Phi) is 7.24. The monoisotopic (exact) mass is 385 g/mol. The van der Waals surface area contributed by atoms with Crippen molar-refractivity contribution >= 4 is 11.8 Å². The van der Waals surface area contributed by atoms with Crippen molar-refractivity contribution in [2.75, 3.05) is 27.2 Å². The molecule has 1 fully saturated rings. The van der Waals surface area contributed by atoms with Gasteiger partial charge in [-0.25, -0.2) is 13.2 Å². The summed E-state index contributed by atoms with van der Waals surface area (Å²) >= 11 is 0. The number of rotatable bonds is 6. The third-order valence-corrected chi connectivity index (χ3v) is 5.09. The van der Waals surface area contributed by atoms with E-state index in [-0.39, 0.29) is 42.6 Å².